The van der Waals surface area contributed by atoms with Crippen molar-refractivity contribution < 1.29 is 0 Å². The average molecular weight is 312 g/mol. The Hall–Kier alpha value is -1.06. The summed E-state index contributed by atoms with van der Waals surface area (Å²) in [5.74, 6) is 0.801. The summed E-state index contributed by atoms with van der Waals surface area (Å²) in [7, 11) is 0. The van der Waals surface area contributed by atoms with Crippen LogP contribution in [0, 0.1) is 13.8 Å². The van der Waals surface area contributed by atoms with Crippen LogP contribution in [0.3, 0.4) is 0 Å². The third kappa shape index (κ3) is 2.79. The number of hydrogen-bond acceptors (Lipinski definition) is 2. The van der Waals surface area contributed by atoms with Gasteiger partial charge in [0.1, 0.15) is 5.82 Å². The third-order valence-electron chi connectivity index (χ3n) is 2.53. The monoisotopic (exact) mass is 310 g/mol. The van der Waals surface area contributed by atoms with E-state index < -0.39 is 0 Å². The lowest BCUT2D eigenvalue weighted by molar-refractivity contribution is 1.24. The van der Waals surface area contributed by atoms with E-state index in [2.05, 4.69) is 26.2 Å². The molecule has 0 fully saturated rings. The topological polar surface area (TPSA) is 24.9 Å². The molecule has 1 heterocycles. The third-order valence-corrected chi connectivity index (χ3v) is 3.77. The van der Waals surface area contributed by atoms with E-state index in [1.54, 1.807) is 6.20 Å². The Labute approximate surface area is 114 Å². The minimum atomic E-state index is 0.710. The molecule has 17 heavy (non-hydrogen) atoms. The first kappa shape index (κ1) is 12.4. The molecule has 0 atom stereocenters. The smallest absolute Gasteiger partial charge is 0.144 e. The summed E-state index contributed by atoms with van der Waals surface area (Å²) in [6.07, 6.45) is 1.78. The molecule has 2 nitrogen and oxygen atoms in total. The molecule has 0 saturated carbocycles. The van der Waals surface area contributed by atoms with Crippen LogP contribution in [-0.2, 0) is 0 Å². The molecule has 1 aromatic heterocycles. The number of nitrogens with zero attached hydrogens (tertiary/aromatic N) is 1. The lowest BCUT2D eigenvalue weighted by atomic mass is 10.2. The van der Waals surface area contributed by atoms with Gasteiger partial charge in [0.25, 0.3) is 0 Å². The number of aromatic nitrogens is 1. The Morgan fingerprint density at radius 3 is 2.71 bits per heavy atom. The van der Waals surface area contributed by atoms with Crippen LogP contribution < -0.4 is 5.32 Å². The van der Waals surface area contributed by atoms with Gasteiger partial charge in [-0.25, -0.2) is 4.98 Å². The fourth-order valence-electron chi connectivity index (χ4n) is 1.48. The van der Waals surface area contributed by atoms with Crippen molar-refractivity contribution in [3.05, 3.63) is 51.1 Å². The molecule has 2 rings (SSSR count). The van der Waals surface area contributed by atoms with Crippen LogP contribution in [0.15, 0.2) is 34.9 Å². The van der Waals surface area contributed by atoms with Crippen LogP contribution in [0.5, 0.6) is 0 Å². The van der Waals surface area contributed by atoms with Gasteiger partial charge in [0.05, 0.1) is 4.47 Å². The van der Waals surface area contributed by atoms with Gasteiger partial charge >= 0.3 is 0 Å². The summed E-state index contributed by atoms with van der Waals surface area (Å²) in [4.78, 5) is 4.30. The number of nitrogens with one attached hydrogen (secondary N) is 1. The van der Waals surface area contributed by atoms with Gasteiger partial charge in [-0.15, -0.1) is 0 Å². The number of pyridine rings is 1. The summed E-state index contributed by atoms with van der Waals surface area (Å²) >= 11 is 9.50. The second-order valence-corrected chi connectivity index (χ2v) is 5.10. The first-order chi connectivity index (χ1) is 8.08. The van der Waals surface area contributed by atoms with Gasteiger partial charge in [0, 0.05) is 16.9 Å². The predicted octanol–water partition coefficient (Wildman–Crippen LogP) is 4.86. The Morgan fingerprint density at radius 2 is 1.94 bits per heavy atom. The Kier molecular flexibility index (Phi) is 3.69. The molecule has 2 aromatic rings. The highest BCUT2D eigenvalue weighted by Crippen LogP contribution is 2.29. The van der Waals surface area contributed by atoms with E-state index in [4.69, 9.17) is 11.6 Å². The molecular formula is C13H12BrClN2. The van der Waals surface area contributed by atoms with Crippen molar-refractivity contribution in [3.8, 4) is 0 Å². The maximum atomic E-state index is 5.98. The van der Waals surface area contributed by atoms with Crippen molar-refractivity contribution in [2.75, 3.05) is 5.32 Å². The zero-order valence-electron chi connectivity index (χ0n) is 9.59. The van der Waals surface area contributed by atoms with E-state index in [0.717, 1.165) is 27.1 Å². The number of aryl methyl sites for hydroxylation is 2. The van der Waals surface area contributed by atoms with Crippen molar-refractivity contribution in [2.24, 2.45) is 0 Å². The van der Waals surface area contributed by atoms with E-state index >= 15 is 0 Å². The molecule has 0 aliphatic carbocycles. The molecule has 1 aromatic carbocycles. The SMILES string of the molecule is Cc1ccc(Cl)cc1Nc1nccc(C)c1Br. The molecule has 0 saturated heterocycles. The molecule has 0 aliphatic heterocycles. The van der Waals surface area contributed by atoms with Gasteiger partial charge < -0.3 is 5.32 Å². The zero-order chi connectivity index (χ0) is 12.4. The minimum Gasteiger partial charge on any atom is -0.339 e. The molecule has 0 bridgehead atoms. The van der Waals surface area contributed by atoms with Crippen LogP contribution in [0.1, 0.15) is 11.1 Å². The summed E-state index contributed by atoms with van der Waals surface area (Å²) < 4.78 is 0.972. The van der Waals surface area contributed by atoms with E-state index in [-0.39, 0.29) is 0 Å². The van der Waals surface area contributed by atoms with Crippen LogP contribution in [0.2, 0.25) is 5.02 Å². The molecule has 1 N–H and O–H groups in total. The molecule has 0 radical (unpaired) electrons. The van der Waals surface area contributed by atoms with Crippen molar-refractivity contribution in [1.82, 2.24) is 4.98 Å². The molecule has 0 unspecified atom stereocenters. The highest BCUT2D eigenvalue weighted by atomic mass is 79.9. The standard InChI is InChI=1S/C13H12BrClN2/c1-8-3-4-10(15)7-11(8)17-13-12(14)9(2)5-6-16-13/h3-7H,1-2H3,(H,16,17). The van der Waals surface area contributed by atoms with Gasteiger partial charge in [-0.1, -0.05) is 17.7 Å². The number of anilines is 2. The first-order valence-electron chi connectivity index (χ1n) is 5.22. The van der Waals surface area contributed by atoms with E-state index in [9.17, 15) is 0 Å². The molecular weight excluding hydrogens is 300 g/mol. The lowest BCUT2D eigenvalue weighted by Crippen LogP contribution is -1.97. The normalized spacial score (nSPS) is 10.4. The molecule has 0 amide bonds. The van der Waals surface area contributed by atoms with Gasteiger partial charge in [0.2, 0.25) is 0 Å². The van der Waals surface area contributed by atoms with Crippen molar-refractivity contribution in [2.45, 2.75) is 13.8 Å². The zero-order valence-corrected chi connectivity index (χ0v) is 11.9. The van der Waals surface area contributed by atoms with E-state index in [1.807, 2.05) is 38.1 Å². The minimum absolute atomic E-state index is 0.710. The van der Waals surface area contributed by atoms with Gasteiger partial charge in [-0.3, -0.25) is 0 Å². The highest BCUT2D eigenvalue weighted by molar-refractivity contribution is 9.10. The van der Waals surface area contributed by atoms with E-state index in [0.29, 0.717) is 5.02 Å². The van der Waals surface area contributed by atoms with Crippen LogP contribution in [0.25, 0.3) is 0 Å². The second kappa shape index (κ2) is 5.07. The van der Waals surface area contributed by atoms with Crippen LogP contribution in [0.4, 0.5) is 11.5 Å². The average Bonchev–Trinajstić information content (AvgIpc) is 2.30. The van der Waals surface area contributed by atoms with Gasteiger partial charge in [-0.05, 0) is 59.1 Å². The van der Waals surface area contributed by atoms with Gasteiger partial charge in [0.15, 0.2) is 0 Å². The lowest BCUT2D eigenvalue weighted by Gasteiger charge is -2.11. The summed E-state index contributed by atoms with van der Waals surface area (Å²) in [5, 5.41) is 3.99. The molecule has 4 heteroatoms. The molecule has 88 valence electrons. The summed E-state index contributed by atoms with van der Waals surface area (Å²) in [6, 6.07) is 7.71. The maximum Gasteiger partial charge on any atom is 0.144 e. The largest absolute Gasteiger partial charge is 0.339 e. The summed E-state index contributed by atoms with van der Waals surface area (Å²) in [6.45, 7) is 4.06. The van der Waals surface area contributed by atoms with Crippen LogP contribution in [-0.4, -0.2) is 4.98 Å². The van der Waals surface area contributed by atoms with Crippen molar-refractivity contribution in [1.29, 1.82) is 0 Å². The maximum absolute atomic E-state index is 5.98. The second-order valence-electron chi connectivity index (χ2n) is 3.87. The number of rotatable bonds is 2. The first-order valence-corrected chi connectivity index (χ1v) is 6.39. The quantitative estimate of drug-likeness (QED) is 0.857. The Morgan fingerprint density at radius 1 is 1.18 bits per heavy atom. The number of benzene rings is 1. The van der Waals surface area contributed by atoms with Crippen molar-refractivity contribution in [3.63, 3.8) is 0 Å². The molecule has 0 spiro atoms. The van der Waals surface area contributed by atoms with Crippen molar-refractivity contribution >= 4 is 39.0 Å². The predicted molar refractivity (Wildman–Crippen MR) is 76.1 cm³/mol. The van der Waals surface area contributed by atoms with E-state index in [1.165, 1.54) is 0 Å². The highest BCUT2D eigenvalue weighted by Gasteiger charge is 2.06. The van der Waals surface area contributed by atoms with Gasteiger partial charge in [-0.2, -0.15) is 0 Å². The van der Waals surface area contributed by atoms with Crippen LogP contribution >= 0.6 is 27.5 Å². The Bertz CT molecular complexity index is 555. The number of halogens is 2. The summed E-state index contributed by atoms with van der Waals surface area (Å²) in [5.41, 5.74) is 3.24. The fraction of sp³-hybridized carbons (Fsp3) is 0.154. The fourth-order valence-corrected chi connectivity index (χ4v) is 1.99. The molecule has 0 aliphatic rings. The Balaban J connectivity index is 2.38. The number of hydrogen-bond donors (Lipinski definition) is 1.